The first-order valence-electron chi connectivity index (χ1n) is 8.34. The number of nitrogens with zero attached hydrogens (tertiary/aromatic N) is 1. The highest BCUT2D eigenvalue weighted by Gasteiger charge is 2.16. The lowest BCUT2D eigenvalue weighted by Gasteiger charge is -2.13. The molecule has 1 amide bonds. The Morgan fingerprint density at radius 1 is 1.31 bits per heavy atom. The van der Waals surface area contributed by atoms with Crippen LogP contribution in [0.3, 0.4) is 0 Å². The van der Waals surface area contributed by atoms with Crippen LogP contribution in [0.15, 0.2) is 46.4 Å². The first kappa shape index (κ1) is 21.9. The van der Waals surface area contributed by atoms with Crippen LogP contribution < -0.4 is 14.8 Å². The fraction of sp³-hybridized carbons (Fsp3) is 0.150. The average molecular weight is 463 g/mol. The van der Waals surface area contributed by atoms with Crippen LogP contribution >= 0.6 is 15.9 Å². The molecule has 0 aromatic heterocycles. The number of anilines is 1. The van der Waals surface area contributed by atoms with E-state index < -0.39 is 24.3 Å². The van der Waals surface area contributed by atoms with Gasteiger partial charge in [0, 0.05) is 0 Å². The minimum absolute atomic E-state index is 0.0488. The standard InChI is InChI=1S/C20H16BrFN2O5/c1-2-28-17-9-12(8-14(21)19(17)29-11-18(25)26)7-13(10-23)20(27)24-16-6-4-3-5-15(16)22/h3-9H,2,11H2,1H3,(H,24,27)(H,25,26)/b13-7+. The van der Waals surface area contributed by atoms with E-state index in [-0.39, 0.29) is 29.4 Å². The molecule has 9 heteroatoms. The van der Waals surface area contributed by atoms with Crippen LogP contribution in [0, 0.1) is 17.1 Å². The zero-order valence-electron chi connectivity index (χ0n) is 15.2. The van der Waals surface area contributed by atoms with Crippen molar-refractivity contribution in [1.82, 2.24) is 0 Å². The molecule has 0 heterocycles. The predicted octanol–water partition coefficient (Wildman–Crippen LogP) is 4.00. The van der Waals surface area contributed by atoms with E-state index in [0.29, 0.717) is 10.0 Å². The second-order valence-corrected chi connectivity index (χ2v) is 6.40. The van der Waals surface area contributed by atoms with Crippen molar-refractivity contribution in [3.8, 4) is 17.6 Å². The number of rotatable bonds is 8. The van der Waals surface area contributed by atoms with Gasteiger partial charge < -0.3 is 19.9 Å². The van der Waals surface area contributed by atoms with Crippen molar-refractivity contribution in [2.24, 2.45) is 0 Å². The lowest BCUT2D eigenvalue weighted by Crippen LogP contribution is -2.14. The summed E-state index contributed by atoms with van der Waals surface area (Å²) in [6.45, 7) is 1.45. The summed E-state index contributed by atoms with van der Waals surface area (Å²) < 4.78 is 24.8. The van der Waals surface area contributed by atoms with Crippen molar-refractivity contribution in [3.63, 3.8) is 0 Å². The van der Waals surface area contributed by atoms with Crippen molar-refractivity contribution in [3.05, 3.63) is 57.8 Å². The molecular weight excluding hydrogens is 447 g/mol. The normalized spacial score (nSPS) is 10.8. The van der Waals surface area contributed by atoms with Gasteiger partial charge >= 0.3 is 5.97 Å². The number of hydrogen-bond acceptors (Lipinski definition) is 5. The second kappa shape index (κ2) is 10.2. The number of hydrogen-bond donors (Lipinski definition) is 2. The van der Waals surface area contributed by atoms with Gasteiger partial charge in [-0.1, -0.05) is 12.1 Å². The summed E-state index contributed by atoms with van der Waals surface area (Å²) in [5.74, 6) is -2.14. The summed E-state index contributed by atoms with van der Waals surface area (Å²) in [6.07, 6.45) is 1.30. The Hall–Kier alpha value is -3.38. The van der Waals surface area contributed by atoms with Crippen LogP contribution in [0.1, 0.15) is 12.5 Å². The third-order valence-corrected chi connectivity index (χ3v) is 4.06. The molecule has 2 rings (SSSR count). The molecule has 0 atom stereocenters. The molecule has 0 unspecified atom stereocenters. The molecule has 0 spiro atoms. The monoisotopic (exact) mass is 462 g/mol. The minimum atomic E-state index is -1.15. The Bertz CT molecular complexity index is 1000. The molecule has 7 nitrogen and oxygen atoms in total. The fourth-order valence-electron chi connectivity index (χ4n) is 2.28. The Labute approximate surface area is 174 Å². The number of nitriles is 1. The van der Waals surface area contributed by atoms with Gasteiger partial charge in [0.15, 0.2) is 18.1 Å². The molecule has 2 N–H and O–H groups in total. The largest absolute Gasteiger partial charge is 0.490 e. The minimum Gasteiger partial charge on any atom is -0.490 e. The van der Waals surface area contributed by atoms with E-state index in [2.05, 4.69) is 21.2 Å². The number of carbonyl (C=O) groups is 2. The van der Waals surface area contributed by atoms with Gasteiger partial charge in [0.2, 0.25) is 0 Å². The highest BCUT2D eigenvalue weighted by atomic mass is 79.9. The molecule has 0 saturated carbocycles. The van der Waals surface area contributed by atoms with E-state index >= 15 is 0 Å². The Morgan fingerprint density at radius 3 is 2.66 bits per heavy atom. The van der Waals surface area contributed by atoms with Crippen LogP contribution in [0.2, 0.25) is 0 Å². The summed E-state index contributed by atoms with van der Waals surface area (Å²) >= 11 is 3.27. The summed E-state index contributed by atoms with van der Waals surface area (Å²) in [4.78, 5) is 23.1. The summed E-state index contributed by atoms with van der Waals surface area (Å²) in [7, 11) is 0. The highest BCUT2D eigenvalue weighted by Crippen LogP contribution is 2.37. The van der Waals surface area contributed by atoms with Gasteiger partial charge in [0.05, 0.1) is 16.8 Å². The maximum Gasteiger partial charge on any atom is 0.341 e. The van der Waals surface area contributed by atoms with Crippen molar-refractivity contribution in [1.29, 1.82) is 5.26 Å². The Morgan fingerprint density at radius 2 is 2.03 bits per heavy atom. The van der Waals surface area contributed by atoms with Gasteiger partial charge in [0.1, 0.15) is 17.5 Å². The number of aliphatic carboxylic acids is 1. The third-order valence-electron chi connectivity index (χ3n) is 3.47. The number of carboxylic acid groups (broad SMARTS) is 1. The molecule has 2 aromatic rings. The lowest BCUT2D eigenvalue weighted by molar-refractivity contribution is -0.139. The number of halogens is 2. The van der Waals surface area contributed by atoms with Crippen molar-refractivity contribution in [2.45, 2.75) is 6.92 Å². The maximum absolute atomic E-state index is 13.7. The molecule has 2 aromatic carbocycles. The number of nitrogens with one attached hydrogen (secondary N) is 1. The predicted molar refractivity (Wildman–Crippen MR) is 107 cm³/mol. The van der Waals surface area contributed by atoms with Crippen LogP contribution in [0.5, 0.6) is 11.5 Å². The maximum atomic E-state index is 13.7. The van der Waals surface area contributed by atoms with Crippen LogP contribution in [-0.4, -0.2) is 30.2 Å². The van der Waals surface area contributed by atoms with Gasteiger partial charge in [0.25, 0.3) is 5.91 Å². The zero-order valence-corrected chi connectivity index (χ0v) is 16.8. The number of carbonyl (C=O) groups excluding carboxylic acids is 1. The van der Waals surface area contributed by atoms with Gasteiger partial charge in [-0.25, -0.2) is 9.18 Å². The molecule has 0 aliphatic heterocycles. The van der Waals surface area contributed by atoms with E-state index in [1.807, 2.05) is 0 Å². The van der Waals surface area contributed by atoms with E-state index in [0.717, 1.165) is 0 Å². The van der Waals surface area contributed by atoms with Crippen molar-refractivity contribution >= 4 is 39.6 Å². The smallest absolute Gasteiger partial charge is 0.341 e. The van der Waals surface area contributed by atoms with Crippen LogP contribution in [-0.2, 0) is 9.59 Å². The fourth-order valence-corrected chi connectivity index (χ4v) is 2.85. The number of benzene rings is 2. The first-order chi connectivity index (χ1) is 13.8. The molecule has 0 radical (unpaired) electrons. The number of ether oxygens (including phenoxy) is 2. The average Bonchev–Trinajstić information content (AvgIpc) is 2.67. The van der Waals surface area contributed by atoms with Crippen molar-refractivity contribution < 1.29 is 28.6 Å². The quantitative estimate of drug-likeness (QED) is 0.453. The van der Waals surface area contributed by atoms with Gasteiger partial charge in [-0.05, 0) is 58.8 Å². The second-order valence-electron chi connectivity index (χ2n) is 5.55. The van der Waals surface area contributed by atoms with E-state index in [1.54, 1.807) is 19.1 Å². The summed E-state index contributed by atoms with van der Waals surface area (Å²) in [6, 6.07) is 10.4. The summed E-state index contributed by atoms with van der Waals surface area (Å²) in [5.41, 5.74) is 0.109. The topological polar surface area (TPSA) is 109 Å². The molecule has 150 valence electrons. The zero-order chi connectivity index (χ0) is 21.4. The summed E-state index contributed by atoms with van der Waals surface area (Å²) in [5, 5.41) is 20.5. The molecule has 0 aliphatic rings. The molecule has 0 bridgehead atoms. The number of para-hydroxylation sites is 1. The van der Waals surface area contributed by atoms with Crippen molar-refractivity contribution in [2.75, 3.05) is 18.5 Å². The molecule has 0 fully saturated rings. The van der Waals surface area contributed by atoms with E-state index in [1.165, 1.54) is 36.4 Å². The van der Waals surface area contributed by atoms with Gasteiger partial charge in [-0.15, -0.1) is 0 Å². The first-order valence-corrected chi connectivity index (χ1v) is 9.13. The Balaban J connectivity index is 2.34. The number of carboxylic acids is 1. The lowest BCUT2D eigenvalue weighted by atomic mass is 10.1. The molecule has 0 aliphatic carbocycles. The van der Waals surface area contributed by atoms with Crippen LogP contribution in [0.4, 0.5) is 10.1 Å². The molecular formula is C20H16BrFN2O5. The third kappa shape index (κ3) is 6.05. The molecule has 0 saturated heterocycles. The van der Waals surface area contributed by atoms with Gasteiger partial charge in [-0.2, -0.15) is 5.26 Å². The SMILES string of the molecule is CCOc1cc(/C=C(\C#N)C(=O)Nc2ccccc2F)cc(Br)c1OCC(=O)O. The van der Waals surface area contributed by atoms with Gasteiger partial charge in [-0.3, -0.25) is 4.79 Å². The Kier molecular flexibility index (Phi) is 7.74. The van der Waals surface area contributed by atoms with E-state index in [9.17, 15) is 19.2 Å². The number of amides is 1. The van der Waals surface area contributed by atoms with E-state index in [4.69, 9.17) is 14.6 Å². The van der Waals surface area contributed by atoms with Crippen LogP contribution in [0.25, 0.3) is 6.08 Å². The molecule has 29 heavy (non-hydrogen) atoms. The highest BCUT2D eigenvalue weighted by molar-refractivity contribution is 9.10.